The Bertz CT molecular complexity index is 274. The minimum atomic E-state index is -0.211. The van der Waals surface area contributed by atoms with E-state index < -0.39 is 0 Å². The monoisotopic (exact) mass is 224 g/mol. The van der Waals surface area contributed by atoms with Gasteiger partial charge in [-0.3, -0.25) is 0 Å². The third-order valence-electron chi connectivity index (χ3n) is 3.91. The molecule has 0 radical (unpaired) electrons. The number of hydrogen-bond donors (Lipinski definition) is 0. The van der Waals surface area contributed by atoms with Gasteiger partial charge in [0.1, 0.15) is 6.72 Å². The van der Waals surface area contributed by atoms with Crippen LogP contribution in [0.25, 0.3) is 0 Å². The molecule has 0 aromatic heterocycles. The van der Waals surface area contributed by atoms with Gasteiger partial charge in [-0.15, -0.1) is 0 Å². The summed E-state index contributed by atoms with van der Waals surface area (Å²) in [4.78, 5) is 12.1. The zero-order valence-electron chi connectivity index (χ0n) is 10.2. The molecular weight excluding hydrogens is 202 g/mol. The van der Waals surface area contributed by atoms with E-state index in [1.165, 1.54) is 12.8 Å². The van der Waals surface area contributed by atoms with Crippen LogP contribution in [0.1, 0.15) is 45.4 Å². The summed E-state index contributed by atoms with van der Waals surface area (Å²) in [6.45, 7) is 6.95. The van der Waals surface area contributed by atoms with Gasteiger partial charge >= 0.3 is 5.91 Å². The molecule has 0 unspecified atom stereocenters. The van der Waals surface area contributed by atoms with Crippen LogP contribution in [-0.2, 0) is 9.53 Å². The number of amides is 1. The van der Waals surface area contributed by atoms with Gasteiger partial charge in [0.15, 0.2) is 12.1 Å². The Morgan fingerprint density at radius 3 is 2.50 bits per heavy atom. The van der Waals surface area contributed by atoms with Crippen molar-refractivity contribution in [2.24, 2.45) is 5.92 Å². The van der Waals surface area contributed by atoms with Crippen LogP contribution in [0.5, 0.6) is 0 Å². The van der Waals surface area contributed by atoms with E-state index in [9.17, 15) is 4.79 Å². The third kappa shape index (κ3) is 2.51. The number of hydrogen-bond acceptors (Lipinski definition) is 2. The lowest BCUT2D eigenvalue weighted by atomic mass is 9.87. The number of carbonyl (C=O) groups is 1. The zero-order chi connectivity index (χ0) is 11.5. The number of ether oxygens (including phenoxy) is 1. The Balaban J connectivity index is 1.88. The quantitative estimate of drug-likeness (QED) is 0.530. The van der Waals surface area contributed by atoms with Crippen LogP contribution in [-0.4, -0.2) is 36.0 Å². The molecule has 2 rings (SSSR count). The van der Waals surface area contributed by atoms with E-state index in [0.29, 0.717) is 6.04 Å². The molecule has 1 amide bonds. The van der Waals surface area contributed by atoms with Gasteiger partial charge < -0.3 is 4.74 Å². The maximum absolute atomic E-state index is 12.1. The first kappa shape index (κ1) is 11.8. The summed E-state index contributed by atoms with van der Waals surface area (Å²) in [5.41, 5.74) is 0. The summed E-state index contributed by atoms with van der Waals surface area (Å²) in [7, 11) is 0. The van der Waals surface area contributed by atoms with Crippen LogP contribution in [0.3, 0.4) is 0 Å². The van der Waals surface area contributed by atoms with Gasteiger partial charge in [-0.25, -0.2) is 4.79 Å². The Labute approximate surface area is 97.5 Å². The Morgan fingerprint density at radius 1 is 1.25 bits per heavy atom. The third-order valence-corrected chi connectivity index (χ3v) is 3.91. The highest BCUT2D eigenvalue weighted by molar-refractivity contribution is 5.74. The molecule has 2 aliphatic rings. The van der Waals surface area contributed by atoms with Crippen molar-refractivity contribution in [3.05, 3.63) is 0 Å². The highest BCUT2D eigenvalue weighted by atomic mass is 16.5. The summed E-state index contributed by atoms with van der Waals surface area (Å²) in [6.07, 6.45) is 6.30. The van der Waals surface area contributed by atoms with E-state index in [1.807, 2.05) is 0 Å². The molecule has 0 N–H and O–H groups in total. The molecule has 3 heteroatoms. The second-order valence-corrected chi connectivity index (χ2v) is 5.22. The predicted octanol–water partition coefficient (Wildman–Crippen LogP) is 1.98. The Morgan fingerprint density at radius 2 is 1.94 bits per heavy atom. The number of nitrogens with zero attached hydrogens (tertiary/aromatic N) is 1. The molecule has 0 bridgehead atoms. The van der Waals surface area contributed by atoms with Crippen LogP contribution in [0.4, 0.5) is 0 Å². The van der Waals surface area contributed by atoms with Crippen molar-refractivity contribution < 1.29 is 14.1 Å². The highest BCUT2D eigenvalue weighted by Gasteiger charge is 2.36. The van der Waals surface area contributed by atoms with Crippen molar-refractivity contribution in [3.63, 3.8) is 0 Å². The minimum Gasteiger partial charge on any atom is -0.363 e. The first-order valence-electron chi connectivity index (χ1n) is 6.43. The second kappa shape index (κ2) is 5.09. The molecule has 0 aromatic carbocycles. The lowest BCUT2D eigenvalue weighted by Gasteiger charge is -2.23. The Hall–Kier alpha value is -0.700. The molecule has 0 spiro atoms. The maximum Gasteiger partial charge on any atom is 0.415 e. The van der Waals surface area contributed by atoms with Crippen LogP contribution in [0.15, 0.2) is 0 Å². The van der Waals surface area contributed by atoms with Gasteiger partial charge in [0.25, 0.3) is 0 Å². The predicted molar refractivity (Wildman–Crippen MR) is 62.8 cm³/mol. The fourth-order valence-corrected chi connectivity index (χ4v) is 2.69. The topological polar surface area (TPSA) is 29.3 Å². The van der Waals surface area contributed by atoms with E-state index in [1.54, 1.807) is 4.58 Å². The fraction of sp³-hybridized carbons (Fsp3) is 0.846. The van der Waals surface area contributed by atoms with Crippen molar-refractivity contribution in [2.75, 3.05) is 6.61 Å². The van der Waals surface area contributed by atoms with E-state index in [0.717, 1.165) is 38.2 Å². The fourth-order valence-electron chi connectivity index (χ4n) is 2.69. The van der Waals surface area contributed by atoms with Crippen LogP contribution in [0.2, 0.25) is 0 Å². The molecule has 3 nitrogen and oxygen atoms in total. The summed E-state index contributed by atoms with van der Waals surface area (Å²) in [5.74, 6) is 0.902. The highest BCUT2D eigenvalue weighted by Crippen LogP contribution is 2.26. The maximum atomic E-state index is 12.1. The molecule has 16 heavy (non-hydrogen) atoms. The van der Waals surface area contributed by atoms with Crippen molar-refractivity contribution in [3.8, 4) is 0 Å². The molecule has 2 fully saturated rings. The van der Waals surface area contributed by atoms with Gasteiger partial charge in [0, 0.05) is 19.4 Å². The van der Waals surface area contributed by atoms with Gasteiger partial charge in [0.2, 0.25) is 0 Å². The lowest BCUT2D eigenvalue weighted by Crippen LogP contribution is -2.39. The van der Waals surface area contributed by atoms with E-state index in [4.69, 9.17) is 4.74 Å². The standard InChI is InChI=1S/C13H22NO2/c1-10-5-7-11(8-6-10)14(2)13(15)12-4-3-9-16-12/h10-12H,2-9H2,1H3/q+1/t10?,11?,12-/m1/s1. The first-order chi connectivity index (χ1) is 7.68. The lowest BCUT2D eigenvalue weighted by molar-refractivity contribution is -0.490. The SMILES string of the molecule is C=[N+](C(=O)[C@H]1CCCO1)C1CCC(C)CC1. The second-order valence-electron chi connectivity index (χ2n) is 5.22. The Kier molecular flexibility index (Phi) is 3.74. The molecule has 0 aromatic rings. The van der Waals surface area contributed by atoms with Crippen LogP contribution < -0.4 is 0 Å². The average molecular weight is 224 g/mol. The van der Waals surface area contributed by atoms with E-state index >= 15 is 0 Å². The van der Waals surface area contributed by atoms with E-state index in [2.05, 4.69) is 13.6 Å². The molecule has 1 aliphatic heterocycles. The summed E-state index contributed by atoms with van der Waals surface area (Å²) in [6, 6.07) is 0.341. The van der Waals surface area contributed by atoms with Crippen LogP contribution >= 0.6 is 0 Å². The van der Waals surface area contributed by atoms with E-state index in [-0.39, 0.29) is 12.0 Å². The normalized spacial score (nSPS) is 34.9. The number of rotatable bonds is 2. The summed E-state index contributed by atoms with van der Waals surface area (Å²) >= 11 is 0. The smallest absolute Gasteiger partial charge is 0.363 e. The summed E-state index contributed by atoms with van der Waals surface area (Å²) in [5, 5.41) is 0. The molecule has 1 saturated heterocycles. The van der Waals surface area contributed by atoms with Crippen molar-refractivity contribution in [1.29, 1.82) is 0 Å². The van der Waals surface area contributed by atoms with Crippen molar-refractivity contribution >= 4 is 12.6 Å². The van der Waals surface area contributed by atoms with Crippen molar-refractivity contribution in [1.82, 2.24) is 0 Å². The summed E-state index contributed by atoms with van der Waals surface area (Å²) < 4.78 is 7.11. The molecular formula is C13H22NO2+. The van der Waals surface area contributed by atoms with Crippen molar-refractivity contribution in [2.45, 2.75) is 57.6 Å². The van der Waals surface area contributed by atoms with Crippen LogP contribution in [0, 0.1) is 5.92 Å². The van der Waals surface area contributed by atoms with Gasteiger partial charge in [-0.05, 0) is 31.6 Å². The first-order valence-corrected chi connectivity index (χ1v) is 6.43. The number of carbonyl (C=O) groups excluding carboxylic acids is 1. The zero-order valence-corrected chi connectivity index (χ0v) is 10.2. The molecule has 1 heterocycles. The molecule has 1 aliphatic carbocycles. The van der Waals surface area contributed by atoms with Gasteiger partial charge in [-0.1, -0.05) is 6.92 Å². The molecule has 1 saturated carbocycles. The largest absolute Gasteiger partial charge is 0.415 e. The molecule has 90 valence electrons. The van der Waals surface area contributed by atoms with Gasteiger partial charge in [-0.2, -0.15) is 4.58 Å². The average Bonchev–Trinajstić information content (AvgIpc) is 2.81. The molecule has 1 atom stereocenters. The minimum absolute atomic E-state index is 0.0945. The van der Waals surface area contributed by atoms with Gasteiger partial charge in [0.05, 0.1) is 0 Å².